The van der Waals surface area contributed by atoms with Crippen molar-refractivity contribution in [1.29, 1.82) is 0 Å². The number of nitrogen functional groups attached to an aromatic ring is 1. The fourth-order valence-corrected chi connectivity index (χ4v) is 0.807. The fraction of sp³-hybridized carbons (Fsp3) is 0.333. The van der Waals surface area contributed by atoms with Gasteiger partial charge in [-0.1, -0.05) is 0 Å². The summed E-state index contributed by atoms with van der Waals surface area (Å²) in [5, 5.41) is 0. The Morgan fingerprint density at radius 3 is 2.12 bits per heavy atom. The summed E-state index contributed by atoms with van der Waals surface area (Å²) in [6, 6.07) is 5.51. The van der Waals surface area contributed by atoms with Gasteiger partial charge in [-0.05, 0) is 24.3 Å². The topological polar surface area (TPSA) is 35.2 Å². The number of hydrogen-bond acceptors (Lipinski definition) is 2. The third kappa shape index (κ3) is 4.14. The SMILES string of the molecule is Cl.Nc1ccc(OCC(F)(F)C(F)F)cc1. The highest BCUT2D eigenvalue weighted by Gasteiger charge is 2.41. The Morgan fingerprint density at radius 1 is 1.19 bits per heavy atom. The molecule has 0 saturated heterocycles. The largest absolute Gasteiger partial charge is 0.487 e. The van der Waals surface area contributed by atoms with Crippen LogP contribution in [0.2, 0.25) is 0 Å². The zero-order valence-corrected chi connectivity index (χ0v) is 8.82. The first-order chi connectivity index (χ1) is 6.92. The molecule has 0 aliphatic carbocycles. The smallest absolute Gasteiger partial charge is 0.340 e. The summed E-state index contributed by atoms with van der Waals surface area (Å²) in [6.45, 7) is -1.35. The van der Waals surface area contributed by atoms with Crippen LogP contribution in [0.1, 0.15) is 0 Å². The van der Waals surface area contributed by atoms with E-state index in [-0.39, 0.29) is 18.2 Å². The average molecular weight is 260 g/mol. The molecule has 2 N–H and O–H groups in total. The normalized spacial score (nSPS) is 11.1. The Morgan fingerprint density at radius 2 is 1.69 bits per heavy atom. The quantitative estimate of drug-likeness (QED) is 0.666. The highest BCUT2D eigenvalue weighted by molar-refractivity contribution is 5.85. The number of benzene rings is 1. The molecule has 0 radical (unpaired) electrons. The molecule has 0 spiro atoms. The maximum atomic E-state index is 12.4. The van der Waals surface area contributed by atoms with Crippen molar-refractivity contribution in [3.63, 3.8) is 0 Å². The van der Waals surface area contributed by atoms with Crippen LogP contribution < -0.4 is 10.5 Å². The first kappa shape index (κ1) is 14.8. The van der Waals surface area contributed by atoms with Crippen LogP contribution in [0.25, 0.3) is 0 Å². The molecule has 7 heteroatoms. The van der Waals surface area contributed by atoms with Crippen LogP contribution in [0, 0.1) is 0 Å². The number of hydrogen-bond donors (Lipinski definition) is 1. The number of anilines is 1. The Labute approximate surface area is 95.8 Å². The van der Waals surface area contributed by atoms with Crippen LogP contribution in [0.5, 0.6) is 5.75 Å². The van der Waals surface area contributed by atoms with E-state index in [0.717, 1.165) is 0 Å². The standard InChI is InChI=1S/C9H9F4NO.ClH/c10-8(11)9(12,13)5-15-7-3-1-6(14)2-4-7;/h1-4,8H,5,14H2;1H. The van der Waals surface area contributed by atoms with Crippen molar-refractivity contribution >= 4 is 18.1 Å². The molecule has 0 saturated carbocycles. The summed E-state index contributed by atoms with van der Waals surface area (Å²) in [5.41, 5.74) is 5.77. The van der Waals surface area contributed by atoms with Gasteiger partial charge in [-0.15, -0.1) is 12.4 Å². The van der Waals surface area contributed by atoms with Crippen molar-refractivity contribution in [1.82, 2.24) is 0 Å². The Hall–Kier alpha value is -1.17. The van der Waals surface area contributed by atoms with Gasteiger partial charge in [0, 0.05) is 5.69 Å². The van der Waals surface area contributed by atoms with E-state index in [1.807, 2.05) is 0 Å². The summed E-state index contributed by atoms with van der Waals surface area (Å²) in [5.74, 6) is -4.06. The van der Waals surface area contributed by atoms with Crippen molar-refractivity contribution in [2.45, 2.75) is 12.3 Å². The van der Waals surface area contributed by atoms with Crippen molar-refractivity contribution in [2.24, 2.45) is 0 Å². The molecule has 2 nitrogen and oxygen atoms in total. The van der Waals surface area contributed by atoms with E-state index in [9.17, 15) is 17.6 Å². The lowest BCUT2D eigenvalue weighted by Gasteiger charge is -2.15. The molecule has 0 aliphatic heterocycles. The third-order valence-corrected chi connectivity index (χ3v) is 1.63. The number of rotatable bonds is 4. The van der Waals surface area contributed by atoms with Crippen LogP contribution in [-0.2, 0) is 0 Å². The molecular weight excluding hydrogens is 250 g/mol. The van der Waals surface area contributed by atoms with E-state index in [0.29, 0.717) is 5.69 Å². The van der Waals surface area contributed by atoms with Gasteiger partial charge in [0.05, 0.1) is 0 Å². The van der Waals surface area contributed by atoms with Gasteiger partial charge in [-0.2, -0.15) is 8.78 Å². The Balaban J connectivity index is 0.00000225. The lowest BCUT2D eigenvalue weighted by Crippen LogP contribution is -2.33. The molecule has 0 amide bonds. The van der Waals surface area contributed by atoms with Crippen molar-refractivity contribution in [3.8, 4) is 5.75 Å². The Bertz CT molecular complexity index is 318. The summed E-state index contributed by atoms with van der Waals surface area (Å²) >= 11 is 0. The molecule has 0 bridgehead atoms. The minimum Gasteiger partial charge on any atom is -0.487 e. The molecule has 0 aromatic heterocycles. The molecule has 1 rings (SSSR count). The maximum Gasteiger partial charge on any atom is 0.340 e. The molecule has 0 aliphatic rings. The second-order valence-corrected chi connectivity index (χ2v) is 2.92. The number of ether oxygens (including phenoxy) is 1. The van der Waals surface area contributed by atoms with E-state index in [1.54, 1.807) is 0 Å². The van der Waals surface area contributed by atoms with Gasteiger partial charge in [-0.25, -0.2) is 8.78 Å². The van der Waals surface area contributed by atoms with E-state index in [1.165, 1.54) is 24.3 Å². The predicted molar refractivity (Wildman–Crippen MR) is 54.5 cm³/mol. The van der Waals surface area contributed by atoms with Gasteiger partial charge in [0.1, 0.15) is 5.75 Å². The van der Waals surface area contributed by atoms with Gasteiger partial charge >= 0.3 is 12.3 Å². The van der Waals surface area contributed by atoms with Gasteiger partial charge in [-0.3, -0.25) is 0 Å². The van der Waals surface area contributed by atoms with Gasteiger partial charge in [0.25, 0.3) is 0 Å². The molecule has 16 heavy (non-hydrogen) atoms. The molecule has 0 heterocycles. The van der Waals surface area contributed by atoms with Gasteiger partial charge in [0.15, 0.2) is 6.61 Å². The molecule has 1 aromatic carbocycles. The summed E-state index contributed by atoms with van der Waals surface area (Å²) in [6.07, 6.45) is -3.73. The Kier molecular flexibility index (Phi) is 5.37. The third-order valence-electron chi connectivity index (χ3n) is 1.63. The number of alkyl halides is 4. The summed E-state index contributed by atoms with van der Waals surface area (Å²) in [7, 11) is 0. The second-order valence-electron chi connectivity index (χ2n) is 2.92. The lowest BCUT2D eigenvalue weighted by molar-refractivity contribution is -0.148. The van der Waals surface area contributed by atoms with Crippen molar-refractivity contribution < 1.29 is 22.3 Å². The fourth-order valence-electron chi connectivity index (χ4n) is 0.807. The van der Waals surface area contributed by atoms with E-state index in [2.05, 4.69) is 4.74 Å². The summed E-state index contributed by atoms with van der Waals surface area (Å²) in [4.78, 5) is 0. The second kappa shape index (κ2) is 5.79. The van der Waals surface area contributed by atoms with Crippen LogP contribution in [0.4, 0.5) is 23.2 Å². The summed E-state index contributed by atoms with van der Waals surface area (Å²) < 4.78 is 52.8. The highest BCUT2D eigenvalue weighted by Crippen LogP contribution is 2.24. The van der Waals surface area contributed by atoms with Crippen LogP contribution >= 0.6 is 12.4 Å². The minimum atomic E-state index is -4.14. The zero-order chi connectivity index (χ0) is 11.5. The van der Waals surface area contributed by atoms with E-state index >= 15 is 0 Å². The first-order valence-corrected chi connectivity index (χ1v) is 4.06. The van der Waals surface area contributed by atoms with Gasteiger partial charge < -0.3 is 10.5 Å². The maximum absolute atomic E-state index is 12.4. The molecular formula is C9H10ClF4NO. The van der Waals surface area contributed by atoms with E-state index in [4.69, 9.17) is 5.73 Å². The highest BCUT2D eigenvalue weighted by atomic mass is 35.5. The average Bonchev–Trinajstić information content (AvgIpc) is 2.17. The molecule has 92 valence electrons. The van der Waals surface area contributed by atoms with Gasteiger partial charge in [0.2, 0.25) is 0 Å². The predicted octanol–water partition coefficient (Wildman–Crippen LogP) is 2.97. The number of halogens is 5. The molecule has 0 fully saturated rings. The zero-order valence-electron chi connectivity index (χ0n) is 8.00. The monoisotopic (exact) mass is 259 g/mol. The number of nitrogens with two attached hydrogens (primary N) is 1. The van der Waals surface area contributed by atoms with Crippen molar-refractivity contribution in [2.75, 3.05) is 12.3 Å². The molecule has 0 unspecified atom stereocenters. The minimum absolute atomic E-state index is 0. The lowest BCUT2D eigenvalue weighted by atomic mass is 10.3. The first-order valence-electron chi connectivity index (χ1n) is 4.06. The van der Waals surface area contributed by atoms with Crippen LogP contribution in [0.3, 0.4) is 0 Å². The molecule has 0 atom stereocenters. The van der Waals surface area contributed by atoms with Crippen molar-refractivity contribution in [3.05, 3.63) is 24.3 Å². The molecule has 1 aromatic rings. The van der Waals surface area contributed by atoms with E-state index < -0.39 is 19.0 Å². The van der Waals surface area contributed by atoms with Crippen LogP contribution in [-0.4, -0.2) is 19.0 Å². The van der Waals surface area contributed by atoms with Crippen LogP contribution in [0.15, 0.2) is 24.3 Å².